The van der Waals surface area contributed by atoms with E-state index in [1.54, 1.807) is 0 Å². The second-order valence-corrected chi connectivity index (χ2v) is 8.69. The molecule has 2 aliphatic carbocycles. The fraction of sp³-hybridized carbons (Fsp3) is 0.273. The van der Waals surface area contributed by atoms with Crippen LogP contribution in [0.2, 0.25) is 0 Å². The number of halogens is 1. The van der Waals surface area contributed by atoms with Gasteiger partial charge in [-0.2, -0.15) is 0 Å². The van der Waals surface area contributed by atoms with Crippen molar-refractivity contribution < 1.29 is 0 Å². The molecule has 0 saturated heterocycles. The van der Waals surface area contributed by atoms with Crippen molar-refractivity contribution in [3.63, 3.8) is 0 Å². The Kier molecular flexibility index (Phi) is 3.35. The number of benzene rings is 2. The molecule has 0 aromatic heterocycles. The van der Waals surface area contributed by atoms with Crippen LogP contribution in [0.5, 0.6) is 0 Å². The molecule has 2 atom stereocenters. The molecule has 0 amide bonds. The molecule has 0 fully saturated rings. The number of hydrogen-bond donors (Lipinski definition) is 0. The molecule has 2 aromatic carbocycles. The first kappa shape index (κ1) is 15.2. The van der Waals surface area contributed by atoms with Gasteiger partial charge in [0, 0.05) is 14.9 Å². The second kappa shape index (κ2) is 5.07. The van der Waals surface area contributed by atoms with Gasteiger partial charge in [-0.1, -0.05) is 75.4 Å². The van der Waals surface area contributed by atoms with E-state index in [4.69, 9.17) is 0 Å². The summed E-state index contributed by atoms with van der Waals surface area (Å²) in [6.07, 6.45) is 7.24. The summed E-state index contributed by atoms with van der Waals surface area (Å²) in [5.74, 6) is 0.469. The molecule has 2 unspecified atom stereocenters. The molecule has 4 rings (SSSR count). The van der Waals surface area contributed by atoms with Crippen LogP contribution in [-0.4, -0.2) is 0 Å². The van der Waals surface area contributed by atoms with Gasteiger partial charge in [-0.05, 0) is 62.4 Å². The van der Waals surface area contributed by atoms with Crippen LogP contribution in [0, 0.1) is 8.99 Å². The third kappa shape index (κ3) is 2.09. The molecule has 0 aliphatic heterocycles. The Balaban J connectivity index is 1.89. The Morgan fingerprint density at radius 3 is 2.43 bits per heavy atom. The molecule has 116 valence electrons. The normalized spacial score (nSPS) is 27.3. The lowest BCUT2D eigenvalue weighted by Crippen LogP contribution is -2.36. The Labute approximate surface area is 152 Å². The third-order valence-corrected chi connectivity index (χ3v) is 6.72. The van der Waals surface area contributed by atoms with Gasteiger partial charge in [-0.3, -0.25) is 0 Å². The van der Waals surface area contributed by atoms with E-state index in [-0.39, 0.29) is 10.8 Å². The van der Waals surface area contributed by atoms with Crippen molar-refractivity contribution in [2.24, 2.45) is 5.41 Å². The molecular formula is C22H21I. The van der Waals surface area contributed by atoms with E-state index in [9.17, 15) is 0 Å². The molecule has 1 heteroatoms. The zero-order chi connectivity index (χ0) is 16.2. The van der Waals surface area contributed by atoms with Crippen LogP contribution in [0.25, 0.3) is 5.57 Å². The van der Waals surface area contributed by atoms with Gasteiger partial charge in [-0.25, -0.2) is 0 Å². The predicted molar refractivity (Wildman–Crippen MR) is 107 cm³/mol. The van der Waals surface area contributed by atoms with Crippen LogP contribution in [0.4, 0.5) is 0 Å². The summed E-state index contributed by atoms with van der Waals surface area (Å²) in [5.41, 5.74) is 5.90. The predicted octanol–water partition coefficient (Wildman–Crippen LogP) is 6.33. The van der Waals surface area contributed by atoms with Gasteiger partial charge >= 0.3 is 0 Å². The summed E-state index contributed by atoms with van der Waals surface area (Å²) in [6.45, 7) is 7.23. The lowest BCUT2D eigenvalue weighted by atomic mass is 9.61. The quantitative estimate of drug-likeness (QED) is 0.481. The topological polar surface area (TPSA) is 0 Å². The molecule has 0 spiro atoms. The highest BCUT2D eigenvalue weighted by Gasteiger charge is 2.53. The summed E-state index contributed by atoms with van der Waals surface area (Å²) in [6, 6.07) is 17.7. The fourth-order valence-electron chi connectivity index (χ4n) is 4.30. The van der Waals surface area contributed by atoms with Gasteiger partial charge in [0.15, 0.2) is 0 Å². The lowest BCUT2D eigenvalue weighted by Gasteiger charge is -2.42. The summed E-state index contributed by atoms with van der Waals surface area (Å²) in [4.78, 5) is 0. The summed E-state index contributed by atoms with van der Waals surface area (Å²) in [7, 11) is 0. The highest BCUT2D eigenvalue weighted by atomic mass is 127. The van der Waals surface area contributed by atoms with Crippen LogP contribution in [0.15, 0.2) is 66.8 Å². The van der Waals surface area contributed by atoms with Crippen molar-refractivity contribution >= 4 is 28.2 Å². The van der Waals surface area contributed by atoms with E-state index in [0.717, 1.165) is 0 Å². The highest BCUT2D eigenvalue weighted by molar-refractivity contribution is 14.1. The monoisotopic (exact) mass is 412 g/mol. The Morgan fingerprint density at radius 1 is 0.957 bits per heavy atom. The van der Waals surface area contributed by atoms with E-state index in [0.29, 0.717) is 5.92 Å². The zero-order valence-electron chi connectivity index (χ0n) is 13.8. The molecule has 0 nitrogen and oxygen atoms in total. The smallest absolute Gasteiger partial charge is 0.0133 e. The van der Waals surface area contributed by atoms with Gasteiger partial charge in [-0.15, -0.1) is 0 Å². The Bertz CT molecular complexity index is 826. The average Bonchev–Trinajstić information content (AvgIpc) is 2.72. The molecule has 0 N–H and O–H groups in total. The summed E-state index contributed by atoms with van der Waals surface area (Å²) in [5, 5.41) is 0. The maximum atomic E-state index is 2.51. The number of rotatable bonds is 1. The average molecular weight is 412 g/mol. The number of allylic oxidation sites excluding steroid dienone is 4. The highest BCUT2D eigenvalue weighted by Crippen LogP contribution is 2.62. The summed E-state index contributed by atoms with van der Waals surface area (Å²) >= 11 is 2.43. The van der Waals surface area contributed by atoms with E-state index in [2.05, 4.69) is 110 Å². The molecule has 2 aliphatic rings. The van der Waals surface area contributed by atoms with E-state index >= 15 is 0 Å². The van der Waals surface area contributed by atoms with Crippen LogP contribution >= 0.6 is 22.6 Å². The van der Waals surface area contributed by atoms with Crippen molar-refractivity contribution in [2.45, 2.75) is 32.1 Å². The van der Waals surface area contributed by atoms with Crippen molar-refractivity contribution in [1.82, 2.24) is 0 Å². The molecule has 0 saturated carbocycles. The number of fused-ring (bicyclic) bond motifs is 3. The van der Waals surface area contributed by atoms with Crippen LogP contribution in [0.3, 0.4) is 0 Å². The van der Waals surface area contributed by atoms with Crippen molar-refractivity contribution in [2.75, 3.05) is 0 Å². The van der Waals surface area contributed by atoms with Crippen molar-refractivity contribution in [1.29, 1.82) is 0 Å². The van der Waals surface area contributed by atoms with Crippen molar-refractivity contribution in [3.05, 3.63) is 87.0 Å². The minimum atomic E-state index is 0.111. The van der Waals surface area contributed by atoms with Crippen LogP contribution in [-0.2, 0) is 5.41 Å². The van der Waals surface area contributed by atoms with E-state index in [1.807, 2.05) is 0 Å². The first-order chi connectivity index (χ1) is 10.9. The molecule has 0 bridgehead atoms. The maximum Gasteiger partial charge on any atom is 0.0133 e. The molecule has 0 radical (unpaired) electrons. The van der Waals surface area contributed by atoms with Crippen LogP contribution in [0.1, 0.15) is 43.4 Å². The standard InChI is InChI=1S/C22H21I/c1-21(2)20-13-17(23)10-11-18(20)19-12-9-16(14-22(19,21)3)15-7-5-4-6-8-15/h4-14,19H,1-3H3. The van der Waals surface area contributed by atoms with Gasteiger partial charge in [0.1, 0.15) is 0 Å². The minimum absolute atomic E-state index is 0.111. The Hall–Kier alpha value is -1.35. The number of hydrogen-bond acceptors (Lipinski definition) is 0. The largest absolute Gasteiger partial charge is 0.0755 e. The second-order valence-electron chi connectivity index (χ2n) is 7.44. The lowest BCUT2D eigenvalue weighted by molar-refractivity contribution is 0.246. The van der Waals surface area contributed by atoms with E-state index < -0.39 is 0 Å². The zero-order valence-corrected chi connectivity index (χ0v) is 16.0. The molecular weight excluding hydrogens is 391 g/mol. The molecule has 2 aromatic rings. The SMILES string of the molecule is CC1(C)c2cc(I)ccc2C2C=CC(c3ccccc3)=CC21C. The first-order valence-electron chi connectivity index (χ1n) is 8.20. The van der Waals surface area contributed by atoms with Gasteiger partial charge in [0.25, 0.3) is 0 Å². The van der Waals surface area contributed by atoms with Gasteiger partial charge < -0.3 is 0 Å². The first-order valence-corrected chi connectivity index (χ1v) is 9.28. The summed E-state index contributed by atoms with van der Waals surface area (Å²) < 4.78 is 1.33. The van der Waals surface area contributed by atoms with Gasteiger partial charge in [0.05, 0.1) is 0 Å². The van der Waals surface area contributed by atoms with Crippen LogP contribution < -0.4 is 0 Å². The van der Waals surface area contributed by atoms with E-state index in [1.165, 1.54) is 25.8 Å². The van der Waals surface area contributed by atoms with Crippen molar-refractivity contribution in [3.8, 4) is 0 Å². The Morgan fingerprint density at radius 2 is 1.70 bits per heavy atom. The molecule has 0 heterocycles. The maximum absolute atomic E-state index is 2.51. The fourth-order valence-corrected chi connectivity index (χ4v) is 4.79. The minimum Gasteiger partial charge on any atom is -0.0755 e. The van der Waals surface area contributed by atoms with Gasteiger partial charge in [0.2, 0.25) is 0 Å². The molecule has 23 heavy (non-hydrogen) atoms. The third-order valence-electron chi connectivity index (χ3n) is 6.05.